The van der Waals surface area contributed by atoms with Crippen molar-refractivity contribution in [1.82, 2.24) is 25.3 Å². The van der Waals surface area contributed by atoms with Crippen LogP contribution in [0, 0.1) is 0 Å². The smallest absolute Gasteiger partial charge is 0.321 e. The number of ether oxygens (including phenoxy) is 1. The van der Waals surface area contributed by atoms with E-state index < -0.39 is 17.4 Å². The van der Waals surface area contributed by atoms with Crippen molar-refractivity contribution < 1.29 is 28.7 Å². The SMILES string of the molecule is O=C1CN(CC(=O)N2CCOCC2)C(=O)CC2(CCN(C(=O)Nc3ccccc3)CC2)NC(=O)Cc2ccccc2CN1. The highest BCUT2D eigenvalue weighted by Crippen LogP contribution is 2.28. The highest BCUT2D eigenvalue weighted by Gasteiger charge is 2.41. The third kappa shape index (κ3) is 7.89. The topological polar surface area (TPSA) is 140 Å². The first-order valence-electron chi connectivity index (χ1n) is 14.7. The number of fused-ring (bicyclic) bond motifs is 1. The zero-order valence-electron chi connectivity index (χ0n) is 24.2. The fourth-order valence-electron chi connectivity index (χ4n) is 5.76. The highest BCUT2D eigenvalue weighted by molar-refractivity contribution is 5.91. The first kappa shape index (κ1) is 30.0. The summed E-state index contributed by atoms with van der Waals surface area (Å²) in [5.41, 5.74) is 1.31. The molecule has 3 aliphatic rings. The lowest BCUT2D eigenvalue weighted by Gasteiger charge is -2.43. The van der Waals surface area contributed by atoms with Crippen LogP contribution >= 0.6 is 0 Å². The summed E-state index contributed by atoms with van der Waals surface area (Å²) in [6.07, 6.45) is 0.662. The molecule has 2 saturated heterocycles. The Morgan fingerprint density at radius 1 is 0.837 bits per heavy atom. The van der Waals surface area contributed by atoms with E-state index in [1.165, 1.54) is 4.90 Å². The molecule has 0 aromatic heterocycles. The number of likely N-dealkylation sites (tertiary alicyclic amines) is 1. The second-order valence-electron chi connectivity index (χ2n) is 11.3. The number of urea groups is 1. The zero-order chi connectivity index (χ0) is 30.2. The maximum absolute atomic E-state index is 13.8. The van der Waals surface area contributed by atoms with Gasteiger partial charge in [0.1, 0.15) is 13.1 Å². The minimum Gasteiger partial charge on any atom is -0.378 e. The number of hydrogen-bond acceptors (Lipinski definition) is 6. The van der Waals surface area contributed by atoms with Crippen LogP contribution in [0.25, 0.3) is 0 Å². The first-order valence-corrected chi connectivity index (χ1v) is 14.7. The van der Waals surface area contributed by atoms with Crippen molar-refractivity contribution >= 4 is 35.3 Å². The zero-order valence-corrected chi connectivity index (χ0v) is 24.2. The van der Waals surface area contributed by atoms with E-state index in [1.54, 1.807) is 21.9 Å². The van der Waals surface area contributed by atoms with Crippen molar-refractivity contribution in [1.29, 1.82) is 0 Å². The molecule has 0 bridgehead atoms. The minimum atomic E-state index is -0.947. The van der Waals surface area contributed by atoms with Crippen LogP contribution < -0.4 is 16.0 Å². The van der Waals surface area contributed by atoms with Gasteiger partial charge >= 0.3 is 6.03 Å². The highest BCUT2D eigenvalue weighted by atomic mass is 16.5. The Bertz CT molecular complexity index is 1340. The predicted molar refractivity (Wildman–Crippen MR) is 158 cm³/mol. The van der Waals surface area contributed by atoms with Crippen LogP contribution in [0.15, 0.2) is 54.6 Å². The number of piperidine rings is 1. The van der Waals surface area contributed by atoms with Gasteiger partial charge in [0, 0.05) is 38.4 Å². The monoisotopic (exact) mass is 590 g/mol. The number of nitrogens with one attached hydrogen (secondary N) is 3. The van der Waals surface area contributed by atoms with E-state index in [4.69, 9.17) is 4.74 Å². The molecule has 5 rings (SSSR count). The molecular formula is C31H38N6O6. The Morgan fingerprint density at radius 3 is 2.23 bits per heavy atom. The molecule has 2 aromatic carbocycles. The van der Waals surface area contributed by atoms with E-state index in [0.717, 1.165) is 11.1 Å². The fourth-order valence-corrected chi connectivity index (χ4v) is 5.76. The summed E-state index contributed by atoms with van der Waals surface area (Å²) < 4.78 is 5.34. The largest absolute Gasteiger partial charge is 0.378 e. The van der Waals surface area contributed by atoms with E-state index in [2.05, 4.69) is 16.0 Å². The Labute approximate surface area is 250 Å². The van der Waals surface area contributed by atoms with Gasteiger partial charge in [0.2, 0.25) is 23.6 Å². The van der Waals surface area contributed by atoms with Crippen LogP contribution in [0.4, 0.5) is 10.5 Å². The molecule has 6 amide bonds. The van der Waals surface area contributed by atoms with Crippen LogP contribution in [0.3, 0.4) is 0 Å². The lowest BCUT2D eigenvalue weighted by Crippen LogP contribution is -2.59. The number of benzene rings is 2. The number of carbonyl (C=O) groups excluding carboxylic acids is 5. The number of anilines is 1. The standard InChI is InChI=1S/C31H38N6O6/c38-26-18-23-6-4-5-7-24(23)20-32-27(39)21-37(22-29(41)35-14-16-43-17-15-35)28(40)19-31(34-26)10-12-36(13-11-31)30(42)33-25-8-2-1-3-9-25/h1-9H,10-22H2,(H,32,39)(H,33,42)(H,34,38). The quantitative estimate of drug-likeness (QED) is 0.490. The average molecular weight is 591 g/mol. The normalized spacial score (nSPS) is 19.7. The molecule has 12 heteroatoms. The maximum atomic E-state index is 13.8. The van der Waals surface area contributed by atoms with Crippen LogP contribution in [0.2, 0.25) is 0 Å². The Kier molecular flexibility index (Phi) is 9.55. The molecule has 3 heterocycles. The second-order valence-corrected chi connectivity index (χ2v) is 11.3. The van der Waals surface area contributed by atoms with Gasteiger partial charge in [-0.15, -0.1) is 0 Å². The van der Waals surface area contributed by atoms with Crippen molar-refractivity contribution in [3.63, 3.8) is 0 Å². The first-order chi connectivity index (χ1) is 20.8. The number of para-hydroxylation sites is 1. The minimum absolute atomic E-state index is 0.0828. The fraction of sp³-hybridized carbons (Fsp3) is 0.452. The van der Waals surface area contributed by atoms with E-state index >= 15 is 0 Å². The Balaban J connectivity index is 1.36. The van der Waals surface area contributed by atoms with Gasteiger partial charge in [-0.2, -0.15) is 0 Å². The Morgan fingerprint density at radius 2 is 1.51 bits per heavy atom. The number of nitrogens with zero attached hydrogens (tertiary/aromatic N) is 3. The molecule has 2 aromatic rings. The van der Waals surface area contributed by atoms with Gasteiger partial charge < -0.3 is 35.4 Å². The van der Waals surface area contributed by atoms with Gasteiger partial charge in [0.15, 0.2) is 0 Å². The summed E-state index contributed by atoms with van der Waals surface area (Å²) in [6, 6.07) is 16.3. The van der Waals surface area contributed by atoms with E-state index in [1.807, 2.05) is 42.5 Å². The summed E-state index contributed by atoms with van der Waals surface area (Å²) in [5, 5.41) is 8.87. The molecule has 0 saturated carbocycles. The number of hydrogen-bond donors (Lipinski definition) is 3. The second kappa shape index (κ2) is 13.7. The molecule has 12 nitrogen and oxygen atoms in total. The molecule has 2 fully saturated rings. The molecule has 0 aliphatic carbocycles. The average Bonchev–Trinajstić information content (AvgIpc) is 3.01. The summed E-state index contributed by atoms with van der Waals surface area (Å²) in [5.74, 6) is -1.30. The van der Waals surface area contributed by atoms with Crippen molar-refractivity contribution in [2.45, 2.75) is 37.8 Å². The van der Waals surface area contributed by atoms with Gasteiger partial charge in [-0.1, -0.05) is 42.5 Å². The molecular weight excluding hydrogens is 552 g/mol. The van der Waals surface area contributed by atoms with E-state index in [-0.39, 0.29) is 50.3 Å². The molecule has 3 aliphatic heterocycles. The van der Waals surface area contributed by atoms with Crippen LogP contribution in [-0.2, 0) is 36.9 Å². The summed E-state index contributed by atoms with van der Waals surface area (Å²) in [4.78, 5) is 71.0. The predicted octanol–water partition coefficient (Wildman–Crippen LogP) is 1.12. The van der Waals surface area contributed by atoms with Crippen LogP contribution in [-0.4, -0.2) is 102 Å². The molecule has 1 spiro atoms. The maximum Gasteiger partial charge on any atom is 0.321 e. The van der Waals surface area contributed by atoms with Crippen molar-refractivity contribution in [3.05, 3.63) is 65.7 Å². The molecule has 3 N–H and O–H groups in total. The van der Waals surface area contributed by atoms with Gasteiger partial charge in [-0.25, -0.2) is 4.79 Å². The molecule has 43 heavy (non-hydrogen) atoms. The molecule has 0 atom stereocenters. The van der Waals surface area contributed by atoms with Gasteiger partial charge in [0.25, 0.3) is 0 Å². The summed E-state index contributed by atoms with van der Waals surface area (Å²) in [7, 11) is 0. The summed E-state index contributed by atoms with van der Waals surface area (Å²) in [6.45, 7) is 1.97. The van der Waals surface area contributed by atoms with E-state index in [0.29, 0.717) is 57.9 Å². The number of carbonyl (C=O) groups is 5. The molecule has 0 unspecified atom stereocenters. The van der Waals surface area contributed by atoms with Crippen LogP contribution in [0.5, 0.6) is 0 Å². The lowest BCUT2D eigenvalue weighted by molar-refractivity contribution is -0.146. The van der Waals surface area contributed by atoms with Crippen LogP contribution in [0.1, 0.15) is 30.4 Å². The third-order valence-corrected chi connectivity index (χ3v) is 8.25. The number of amides is 6. The van der Waals surface area contributed by atoms with Gasteiger partial charge in [-0.05, 0) is 36.1 Å². The van der Waals surface area contributed by atoms with Gasteiger partial charge in [0.05, 0.1) is 31.6 Å². The molecule has 0 radical (unpaired) electrons. The van der Waals surface area contributed by atoms with Crippen molar-refractivity contribution in [2.24, 2.45) is 0 Å². The number of morpholine rings is 1. The lowest BCUT2D eigenvalue weighted by atomic mass is 9.83. The summed E-state index contributed by atoms with van der Waals surface area (Å²) >= 11 is 0. The number of rotatable bonds is 3. The molecule has 228 valence electrons. The van der Waals surface area contributed by atoms with Crippen molar-refractivity contribution in [2.75, 3.05) is 57.8 Å². The Hall–Kier alpha value is -4.45. The van der Waals surface area contributed by atoms with Gasteiger partial charge in [-0.3, -0.25) is 19.2 Å². The third-order valence-electron chi connectivity index (χ3n) is 8.25. The van der Waals surface area contributed by atoms with E-state index in [9.17, 15) is 24.0 Å². The van der Waals surface area contributed by atoms with Crippen molar-refractivity contribution in [3.8, 4) is 0 Å².